The van der Waals surface area contributed by atoms with Gasteiger partial charge in [0.05, 0.1) is 6.26 Å². The lowest BCUT2D eigenvalue weighted by molar-refractivity contribution is 0.152. The molecular weight excluding hydrogens is 633 g/mol. The summed E-state index contributed by atoms with van der Waals surface area (Å²) in [6.45, 7) is 16.8. The largest absolute Gasteiger partial charge is 0.504 e. The summed E-state index contributed by atoms with van der Waals surface area (Å²) >= 11 is 5.15. The first-order valence-corrected chi connectivity index (χ1v) is 18.4. The number of thiol groups is 1. The van der Waals surface area contributed by atoms with Crippen LogP contribution in [0.4, 0.5) is 5.69 Å². The van der Waals surface area contributed by atoms with E-state index in [1.807, 2.05) is 0 Å². The Morgan fingerprint density at radius 2 is 1.80 bits per heavy atom. The molecule has 0 amide bonds. The van der Waals surface area contributed by atoms with Gasteiger partial charge in [-0.1, -0.05) is 40.5 Å². The molecule has 15 heteroatoms. The Labute approximate surface area is 278 Å². The van der Waals surface area contributed by atoms with Gasteiger partial charge in [0.2, 0.25) is 0 Å². The molecule has 2 saturated heterocycles. The van der Waals surface area contributed by atoms with Crippen LogP contribution in [-0.2, 0) is 16.4 Å². The molecular formula is C30H50N8O4S3. The highest BCUT2D eigenvalue weighted by Gasteiger charge is 2.33. The van der Waals surface area contributed by atoms with E-state index in [2.05, 4.69) is 78.0 Å². The highest BCUT2D eigenvalue weighted by atomic mass is 32.2. The number of rotatable bonds is 11. The molecule has 2 aromatic heterocycles. The van der Waals surface area contributed by atoms with Crippen molar-refractivity contribution < 1.29 is 17.9 Å². The van der Waals surface area contributed by atoms with Crippen molar-refractivity contribution in [2.75, 3.05) is 72.5 Å². The fourth-order valence-electron chi connectivity index (χ4n) is 5.54. The van der Waals surface area contributed by atoms with Crippen LogP contribution in [0.25, 0.3) is 0 Å². The molecule has 45 heavy (non-hydrogen) atoms. The minimum absolute atomic E-state index is 0.0384. The van der Waals surface area contributed by atoms with Crippen LogP contribution in [0.3, 0.4) is 0 Å². The number of unbranched alkanes of at least 4 members (excludes halogenated alkanes) is 1. The third kappa shape index (κ3) is 9.24. The molecule has 252 valence electrons. The zero-order valence-corrected chi connectivity index (χ0v) is 29.7. The number of thiophene rings is 1. The average molecular weight is 683 g/mol. The molecule has 12 nitrogen and oxygen atoms in total. The van der Waals surface area contributed by atoms with Crippen LogP contribution in [0.2, 0.25) is 0 Å². The fraction of sp³-hybridized carbons (Fsp3) is 0.667. The Hall–Kier alpha value is -2.14. The summed E-state index contributed by atoms with van der Waals surface area (Å²) in [6, 6.07) is 1.65. The molecule has 1 atom stereocenters. The van der Waals surface area contributed by atoms with Gasteiger partial charge in [0.15, 0.2) is 21.6 Å². The fourth-order valence-corrected chi connectivity index (χ4v) is 8.49. The van der Waals surface area contributed by atoms with Gasteiger partial charge in [-0.15, -0.1) is 11.3 Å². The smallest absolute Gasteiger partial charge is 0.256 e. The summed E-state index contributed by atoms with van der Waals surface area (Å²) in [5, 5.41) is 12.4. The molecule has 2 aliphatic heterocycles. The summed E-state index contributed by atoms with van der Waals surface area (Å²) < 4.78 is 36.6. The van der Waals surface area contributed by atoms with E-state index in [0.717, 1.165) is 75.4 Å². The van der Waals surface area contributed by atoms with Gasteiger partial charge in [0, 0.05) is 57.7 Å². The van der Waals surface area contributed by atoms with Crippen LogP contribution in [0.15, 0.2) is 36.3 Å². The van der Waals surface area contributed by atoms with Gasteiger partial charge in [-0.2, -0.15) is 4.31 Å². The van der Waals surface area contributed by atoms with E-state index in [-0.39, 0.29) is 27.0 Å². The van der Waals surface area contributed by atoms with Crippen molar-refractivity contribution in [1.29, 1.82) is 0 Å². The van der Waals surface area contributed by atoms with Gasteiger partial charge in [-0.05, 0) is 56.4 Å². The minimum atomic E-state index is -3.87. The van der Waals surface area contributed by atoms with Gasteiger partial charge in [0.25, 0.3) is 10.0 Å². The first-order valence-electron chi connectivity index (χ1n) is 15.7. The van der Waals surface area contributed by atoms with Crippen molar-refractivity contribution in [3.05, 3.63) is 29.0 Å². The maximum atomic E-state index is 13.3. The molecule has 0 spiro atoms. The molecule has 4 heterocycles. The van der Waals surface area contributed by atoms with Crippen molar-refractivity contribution in [2.24, 2.45) is 21.1 Å². The Balaban J connectivity index is 1.45. The van der Waals surface area contributed by atoms with Gasteiger partial charge in [-0.25, -0.2) is 13.4 Å². The molecule has 4 N–H and O–H groups in total. The minimum Gasteiger partial charge on any atom is -0.504 e. The molecule has 0 aromatic carbocycles. The molecule has 2 fully saturated rings. The summed E-state index contributed by atoms with van der Waals surface area (Å²) in [4.78, 5) is 16.3. The number of nitrogens with two attached hydrogens (primary N) is 1. The van der Waals surface area contributed by atoms with E-state index in [1.165, 1.54) is 9.69 Å². The monoisotopic (exact) mass is 682 g/mol. The molecule has 2 aromatic rings. The number of aryl methyl sites for hydroxylation is 1. The van der Waals surface area contributed by atoms with E-state index in [4.69, 9.17) is 15.1 Å². The second-order valence-electron chi connectivity index (χ2n) is 12.9. The number of furan rings is 1. The highest BCUT2D eigenvalue weighted by molar-refractivity contribution is 7.91. The van der Waals surface area contributed by atoms with Crippen LogP contribution in [0.1, 0.15) is 57.9 Å². The Kier molecular flexibility index (Phi) is 12.4. The van der Waals surface area contributed by atoms with Crippen LogP contribution in [0, 0.1) is 5.41 Å². The maximum absolute atomic E-state index is 13.3. The van der Waals surface area contributed by atoms with Crippen molar-refractivity contribution >= 4 is 51.5 Å². The average Bonchev–Trinajstić information content (AvgIpc) is 3.62. The zero-order valence-electron chi connectivity index (χ0n) is 27.2. The third-order valence-electron chi connectivity index (χ3n) is 8.46. The highest BCUT2D eigenvalue weighted by Crippen LogP contribution is 2.41. The lowest BCUT2D eigenvalue weighted by Crippen LogP contribution is -2.48. The summed E-state index contributed by atoms with van der Waals surface area (Å²) in [5.74, 6) is 0.438. The first-order chi connectivity index (χ1) is 21.3. The molecule has 0 saturated carbocycles. The number of aromatic hydroxyl groups is 1. The standard InChI is InChI=1S/C30H50N8O4S3/c1-6-36-15-17-38(18-16-36)45(40,41)29-25(39)23(21-44-29)32-27(31)28(34-43)33-26(30(2,3)4)24-19-22(20-42-24)9-7-8-10-37-13-11-35(5)12-14-37/h19-21,26,39,43H,6-18H2,1-5H3,(H2,31,32)(H,33,34)/t26-/m0/s1. The number of nitrogens with zero attached hydrogens (tertiary/aromatic N) is 6. The third-order valence-corrected chi connectivity index (χ3v) is 12.1. The lowest BCUT2D eigenvalue weighted by Gasteiger charge is -2.32. The number of sulfonamides is 1. The van der Waals surface area contributed by atoms with Crippen molar-refractivity contribution in [2.45, 2.75) is 57.2 Å². The quantitative estimate of drug-likeness (QED) is 0.121. The first kappa shape index (κ1) is 35.7. The number of aliphatic imine (C=N–C) groups is 2. The number of amidine groups is 2. The van der Waals surface area contributed by atoms with Crippen LogP contribution in [-0.4, -0.2) is 117 Å². The molecule has 0 aliphatic carbocycles. The molecule has 0 bridgehead atoms. The van der Waals surface area contributed by atoms with E-state index in [1.54, 1.807) is 6.26 Å². The number of hydrogen-bond acceptors (Lipinski definition) is 11. The Morgan fingerprint density at radius 3 is 2.42 bits per heavy atom. The van der Waals surface area contributed by atoms with E-state index >= 15 is 0 Å². The second kappa shape index (κ2) is 15.6. The van der Waals surface area contributed by atoms with Crippen LogP contribution >= 0.6 is 24.2 Å². The molecule has 4 rings (SSSR count). The van der Waals surface area contributed by atoms with E-state index < -0.39 is 21.8 Å². The van der Waals surface area contributed by atoms with Gasteiger partial charge in [-0.3, -0.25) is 4.99 Å². The van der Waals surface area contributed by atoms with Gasteiger partial charge < -0.3 is 34.7 Å². The van der Waals surface area contributed by atoms with Crippen LogP contribution in [0.5, 0.6) is 5.75 Å². The van der Waals surface area contributed by atoms with Crippen molar-refractivity contribution in [3.63, 3.8) is 0 Å². The second-order valence-corrected chi connectivity index (χ2v) is 16.1. The molecule has 0 radical (unpaired) electrons. The number of nitrogens with one attached hydrogen (secondary N) is 1. The molecule has 2 aliphatic rings. The number of hydrogen-bond donors (Lipinski definition) is 4. The maximum Gasteiger partial charge on any atom is 0.256 e. The summed E-state index contributed by atoms with van der Waals surface area (Å²) in [5.41, 5.74) is 7.20. The molecule has 0 unspecified atom stereocenters. The van der Waals surface area contributed by atoms with Gasteiger partial charge >= 0.3 is 0 Å². The van der Waals surface area contributed by atoms with E-state index in [9.17, 15) is 13.5 Å². The normalized spacial score (nSPS) is 19.7. The van der Waals surface area contributed by atoms with Crippen molar-refractivity contribution in [1.82, 2.24) is 23.7 Å². The Bertz CT molecular complexity index is 1420. The number of likely N-dealkylation sites (N-methyl/N-ethyl adjacent to an activating group) is 2. The van der Waals surface area contributed by atoms with E-state index in [0.29, 0.717) is 31.9 Å². The SMILES string of the molecule is CCN1CCN(S(=O)(=O)c2scc(N=C(N)C(=N[C@@H](c3cc(CCCCN4CCN(C)CC4)co3)C(C)(C)C)NS)c2O)CC1. The van der Waals surface area contributed by atoms with Gasteiger partial charge in [0.1, 0.15) is 17.5 Å². The lowest BCUT2D eigenvalue weighted by atomic mass is 9.85. The topological polar surface area (TPSA) is 143 Å². The predicted molar refractivity (Wildman–Crippen MR) is 185 cm³/mol. The predicted octanol–water partition coefficient (Wildman–Crippen LogP) is 3.55. The van der Waals surface area contributed by atoms with Crippen molar-refractivity contribution in [3.8, 4) is 5.75 Å². The number of piperazine rings is 2. The summed E-state index contributed by atoms with van der Waals surface area (Å²) in [6.07, 6.45) is 4.95. The van der Waals surface area contributed by atoms with Crippen LogP contribution < -0.4 is 10.5 Å². The zero-order chi connectivity index (χ0) is 32.8. The Morgan fingerprint density at radius 1 is 1.13 bits per heavy atom. The summed E-state index contributed by atoms with van der Waals surface area (Å²) in [7, 11) is -1.69.